The number of nitrogens with zero attached hydrogens (tertiary/aromatic N) is 2. The fourth-order valence-corrected chi connectivity index (χ4v) is 3.41. The molecule has 2 fully saturated rings. The molecule has 2 N–H and O–H groups in total. The molecule has 1 heterocycles. The summed E-state index contributed by atoms with van der Waals surface area (Å²) in [5.41, 5.74) is 1.14. The van der Waals surface area contributed by atoms with Crippen LogP contribution >= 0.6 is 0 Å². The van der Waals surface area contributed by atoms with Gasteiger partial charge in [-0.3, -0.25) is 0 Å². The first kappa shape index (κ1) is 14.6. The molecule has 0 aromatic carbocycles. The summed E-state index contributed by atoms with van der Waals surface area (Å²) < 4.78 is 0. The molecule has 3 rings (SSSR count). The number of aromatic nitrogens is 2. The quantitative estimate of drug-likeness (QED) is 0.857. The van der Waals surface area contributed by atoms with Gasteiger partial charge in [-0.25, -0.2) is 9.97 Å². The van der Waals surface area contributed by atoms with Crippen LogP contribution in [0.5, 0.6) is 0 Å². The molecule has 0 amide bonds. The van der Waals surface area contributed by atoms with Crippen LogP contribution in [0.15, 0.2) is 0 Å². The maximum absolute atomic E-state index is 4.82. The van der Waals surface area contributed by atoms with Crippen molar-refractivity contribution in [2.75, 3.05) is 17.7 Å². The van der Waals surface area contributed by atoms with Crippen molar-refractivity contribution in [3.63, 3.8) is 0 Å². The van der Waals surface area contributed by atoms with Crippen molar-refractivity contribution in [1.82, 2.24) is 9.97 Å². The maximum Gasteiger partial charge on any atom is 0.136 e. The third kappa shape index (κ3) is 3.30. The van der Waals surface area contributed by atoms with Crippen LogP contribution in [0.4, 0.5) is 11.6 Å². The topological polar surface area (TPSA) is 49.8 Å². The Morgan fingerprint density at radius 3 is 2.29 bits per heavy atom. The Hall–Kier alpha value is -1.32. The van der Waals surface area contributed by atoms with E-state index in [9.17, 15) is 0 Å². The summed E-state index contributed by atoms with van der Waals surface area (Å²) in [6.07, 6.45) is 9.36. The van der Waals surface area contributed by atoms with Gasteiger partial charge in [0.15, 0.2) is 0 Å². The van der Waals surface area contributed by atoms with Gasteiger partial charge >= 0.3 is 0 Å². The van der Waals surface area contributed by atoms with Crippen molar-refractivity contribution in [2.24, 2.45) is 5.92 Å². The van der Waals surface area contributed by atoms with Gasteiger partial charge in [0.2, 0.25) is 0 Å². The van der Waals surface area contributed by atoms with E-state index in [-0.39, 0.29) is 0 Å². The van der Waals surface area contributed by atoms with E-state index in [2.05, 4.69) is 29.5 Å². The smallest absolute Gasteiger partial charge is 0.136 e. The van der Waals surface area contributed by atoms with Gasteiger partial charge in [0.25, 0.3) is 0 Å². The van der Waals surface area contributed by atoms with Gasteiger partial charge in [-0.2, -0.15) is 0 Å². The number of rotatable bonds is 5. The monoisotopic (exact) mass is 288 g/mol. The summed E-state index contributed by atoms with van der Waals surface area (Å²) in [6.45, 7) is 4.42. The Morgan fingerprint density at radius 2 is 1.67 bits per heavy atom. The Balaban J connectivity index is 1.78. The molecule has 1 unspecified atom stereocenters. The van der Waals surface area contributed by atoms with Crippen molar-refractivity contribution in [3.8, 4) is 0 Å². The van der Waals surface area contributed by atoms with Crippen LogP contribution in [0.25, 0.3) is 0 Å². The highest BCUT2D eigenvalue weighted by molar-refractivity contribution is 5.57. The molecule has 2 aliphatic rings. The number of nitrogens with one attached hydrogen (secondary N) is 2. The predicted molar refractivity (Wildman–Crippen MR) is 88.0 cm³/mol. The van der Waals surface area contributed by atoms with Gasteiger partial charge in [-0.05, 0) is 45.4 Å². The molecule has 2 saturated carbocycles. The number of anilines is 2. The molecule has 1 aromatic heterocycles. The second-order valence-electron chi connectivity index (χ2n) is 6.76. The minimum absolute atomic E-state index is 0.496. The fraction of sp³-hybridized carbons (Fsp3) is 0.765. The lowest BCUT2D eigenvalue weighted by Gasteiger charge is -2.29. The van der Waals surface area contributed by atoms with Crippen LogP contribution in [-0.4, -0.2) is 23.1 Å². The zero-order chi connectivity index (χ0) is 14.8. The van der Waals surface area contributed by atoms with Crippen molar-refractivity contribution in [1.29, 1.82) is 0 Å². The minimum Gasteiger partial charge on any atom is -0.373 e. The molecule has 1 atom stereocenters. The number of hydrogen-bond donors (Lipinski definition) is 2. The molecule has 0 radical (unpaired) electrons. The lowest BCUT2D eigenvalue weighted by Crippen LogP contribution is -2.28. The molecule has 0 spiro atoms. The van der Waals surface area contributed by atoms with E-state index in [1.54, 1.807) is 0 Å². The summed E-state index contributed by atoms with van der Waals surface area (Å²) >= 11 is 0. The van der Waals surface area contributed by atoms with Gasteiger partial charge < -0.3 is 10.6 Å². The van der Waals surface area contributed by atoms with E-state index in [1.807, 2.05) is 7.05 Å². The molecule has 1 aromatic rings. The van der Waals surface area contributed by atoms with Gasteiger partial charge in [-0.15, -0.1) is 0 Å². The van der Waals surface area contributed by atoms with Crippen LogP contribution in [0, 0.1) is 12.8 Å². The summed E-state index contributed by atoms with van der Waals surface area (Å²) in [5.74, 6) is 4.40. The zero-order valence-electron chi connectivity index (χ0n) is 13.6. The third-order valence-corrected chi connectivity index (χ3v) is 5.06. The average Bonchev–Trinajstić information content (AvgIpc) is 3.35. The Morgan fingerprint density at radius 1 is 1.00 bits per heavy atom. The van der Waals surface area contributed by atoms with E-state index in [1.165, 1.54) is 44.9 Å². The van der Waals surface area contributed by atoms with Crippen molar-refractivity contribution < 1.29 is 0 Å². The molecule has 21 heavy (non-hydrogen) atoms. The van der Waals surface area contributed by atoms with E-state index < -0.39 is 0 Å². The second kappa shape index (κ2) is 6.20. The molecular formula is C17H28N4. The van der Waals surface area contributed by atoms with E-state index in [0.29, 0.717) is 12.0 Å². The third-order valence-electron chi connectivity index (χ3n) is 5.06. The average molecular weight is 288 g/mol. The molecule has 0 bridgehead atoms. The highest BCUT2D eigenvalue weighted by Crippen LogP contribution is 2.39. The minimum atomic E-state index is 0.496. The van der Waals surface area contributed by atoms with Gasteiger partial charge in [0.05, 0.1) is 0 Å². The molecule has 4 heteroatoms. The Bertz CT molecular complexity index is 490. The van der Waals surface area contributed by atoms with Crippen LogP contribution in [0.2, 0.25) is 0 Å². The predicted octanol–water partition coefficient (Wildman–Crippen LogP) is 4.08. The fourth-order valence-electron chi connectivity index (χ4n) is 3.41. The van der Waals surface area contributed by atoms with Crippen LogP contribution < -0.4 is 10.6 Å². The van der Waals surface area contributed by atoms with E-state index >= 15 is 0 Å². The van der Waals surface area contributed by atoms with Crippen molar-refractivity contribution >= 4 is 11.6 Å². The SMILES string of the molecule is CNc1nc(C2CC2)nc(NC(C)C2CCCCC2)c1C. The summed E-state index contributed by atoms with van der Waals surface area (Å²) in [6, 6.07) is 0.496. The highest BCUT2D eigenvalue weighted by atomic mass is 15.1. The molecule has 0 saturated heterocycles. The molecule has 0 aliphatic heterocycles. The largest absolute Gasteiger partial charge is 0.373 e. The Kier molecular flexibility index (Phi) is 4.32. The zero-order valence-corrected chi connectivity index (χ0v) is 13.6. The van der Waals surface area contributed by atoms with Gasteiger partial charge in [0.1, 0.15) is 17.5 Å². The molecule has 2 aliphatic carbocycles. The van der Waals surface area contributed by atoms with Crippen molar-refractivity contribution in [2.45, 2.75) is 70.8 Å². The van der Waals surface area contributed by atoms with E-state index in [4.69, 9.17) is 4.98 Å². The second-order valence-corrected chi connectivity index (χ2v) is 6.76. The molecule has 116 valence electrons. The van der Waals surface area contributed by atoms with Crippen LogP contribution in [-0.2, 0) is 0 Å². The van der Waals surface area contributed by atoms with E-state index in [0.717, 1.165) is 28.9 Å². The first-order chi connectivity index (χ1) is 10.2. The molecular weight excluding hydrogens is 260 g/mol. The highest BCUT2D eigenvalue weighted by Gasteiger charge is 2.29. The lowest BCUT2D eigenvalue weighted by molar-refractivity contribution is 0.328. The number of hydrogen-bond acceptors (Lipinski definition) is 4. The van der Waals surface area contributed by atoms with Gasteiger partial charge in [-0.1, -0.05) is 19.3 Å². The van der Waals surface area contributed by atoms with Crippen molar-refractivity contribution in [3.05, 3.63) is 11.4 Å². The molecule has 4 nitrogen and oxygen atoms in total. The summed E-state index contributed by atoms with van der Waals surface area (Å²) in [5, 5.41) is 6.91. The standard InChI is InChI=1S/C17H28N4/c1-11-15(18-3)20-17(14-9-10-14)21-16(11)19-12(2)13-7-5-4-6-8-13/h12-14H,4-10H2,1-3H3,(H2,18,19,20,21). The normalized spacial score (nSPS) is 21.1. The van der Waals surface area contributed by atoms with Gasteiger partial charge in [0, 0.05) is 24.6 Å². The lowest BCUT2D eigenvalue weighted by atomic mass is 9.84. The first-order valence-corrected chi connectivity index (χ1v) is 8.52. The van der Waals surface area contributed by atoms with Crippen LogP contribution in [0.1, 0.15) is 69.2 Å². The summed E-state index contributed by atoms with van der Waals surface area (Å²) in [4.78, 5) is 9.49. The maximum atomic E-state index is 4.82. The first-order valence-electron chi connectivity index (χ1n) is 8.52. The Labute approximate surface area is 128 Å². The summed E-state index contributed by atoms with van der Waals surface area (Å²) in [7, 11) is 1.94. The van der Waals surface area contributed by atoms with Crippen LogP contribution in [0.3, 0.4) is 0 Å².